The fraction of sp³-hybridized carbons (Fsp3) is 0.211. The Morgan fingerprint density at radius 1 is 1.04 bits per heavy atom. The second-order valence-corrected chi connectivity index (χ2v) is 6.80. The molecule has 2 rings (SSSR count). The molecule has 6 nitrogen and oxygen atoms in total. The predicted molar refractivity (Wildman–Crippen MR) is 111 cm³/mol. The average Bonchev–Trinajstić information content (AvgIpc) is 2.63. The van der Waals surface area contributed by atoms with Crippen LogP contribution in [0.25, 0.3) is 0 Å². The van der Waals surface area contributed by atoms with Crippen molar-refractivity contribution in [1.29, 1.82) is 0 Å². The highest BCUT2D eigenvalue weighted by molar-refractivity contribution is 6.36. The topological polar surface area (TPSA) is 73.8 Å². The van der Waals surface area contributed by atoms with Crippen LogP contribution >= 0.6 is 23.2 Å². The van der Waals surface area contributed by atoms with Crippen molar-refractivity contribution in [2.75, 3.05) is 24.3 Å². The van der Waals surface area contributed by atoms with E-state index in [2.05, 4.69) is 15.8 Å². The Balaban J connectivity index is 1.76. The van der Waals surface area contributed by atoms with Crippen molar-refractivity contribution in [1.82, 2.24) is 5.43 Å². The molecule has 0 radical (unpaired) electrons. The van der Waals surface area contributed by atoms with Gasteiger partial charge in [-0.3, -0.25) is 9.59 Å². The monoisotopic (exact) mass is 406 g/mol. The van der Waals surface area contributed by atoms with Gasteiger partial charge in [0, 0.05) is 37.6 Å². The van der Waals surface area contributed by atoms with Gasteiger partial charge in [0.05, 0.1) is 16.9 Å². The molecule has 0 spiro atoms. The van der Waals surface area contributed by atoms with Gasteiger partial charge in [-0.1, -0.05) is 35.3 Å². The van der Waals surface area contributed by atoms with Crippen LogP contribution in [0.5, 0.6) is 0 Å². The van der Waals surface area contributed by atoms with Crippen LogP contribution in [-0.2, 0) is 9.59 Å². The van der Waals surface area contributed by atoms with Crippen molar-refractivity contribution in [2.45, 2.75) is 12.8 Å². The maximum Gasteiger partial charge on any atom is 0.240 e. The van der Waals surface area contributed by atoms with Gasteiger partial charge in [-0.2, -0.15) is 5.10 Å². The van der Waals surface area contributed by atoms with Crippen molar-refractivity contribution >= 4 is 52.6 Å². The molecule has 142 valence electrons. The fourth-order valence-corrected chi connectivity index (χ4v) is 2.58. The summed E-state index contributed by atoms with van der Waals surface area (Å²) in [6.45, 7) is 0. The van der Waals surface area contributed by atoms with E-state index in [1.807, 2.05) is 43.3 Å². The van der Waals surface area contributed by atoms with E-state index < -0.39 is 0 Å². The Bertz CT molecular complexity index is 836. The van der Waals surface area contributed by atoms with Crippen LogP contribution in [0.15, 0.2) is 47.6 Å². The first-order valence-electron chi connectivity index (χ1n) is 8.19. The molecule has 0 aromatic heterocycles. The number of anilines is 2. The molecular weight excluding hydrogens is 387 g/mol. The number of hydrogen-bond acceptors (Lipinski definition) is 4. The molecule has 27 heavy (non-hydrogen) atoms. The minimum atomic E-state index is -0.353. The van der Waals surface area contributed by atoms with E-state index in [1.54, 1.807) is 18.3 Å². The lowest BCUT2D eigenvalue weighted by atomic mass is 10.2. The third-order valence-corrected chi connectivity index (χ3v) is 4.14. The number of benzene rings is 2. The summed E-state index contributed by atoms with van der Waals surface area (Å²) >= 11 is 11.8. The van der Waals surface area contributed by atoms with Crippen LogP contribution in [0.2, 0.25) is 10.0 Å². The van der Waals surface area contributed by atoms with Gasteiger partial charge in [-0.15, -0.1) is 0 Å². The number of amides is 2. The van der Waals surface area contributed by atoms with E-state index in [4.69, 9.17) is 23.2 Å². The molecule has 0 bridgehead atoms. The molecule has 0 heterocycles. The lowest BCUT2D eigenvalue weighted by Crippen LogP contribution is -2.20. The number of rotatable bonds is 7. The van der Waals surface area contributed by atoms with Crippen LogP contribution < -0.4 is 15.6 Å². The molecule has 0 aliphatic heterocycles. The van der Waals surface area contributed by atoms with E-state index >= 15 is 0 Å². The van der Waals surface area contributed by atoms with E-state index in [9.17, 15) is 9.59 Å². The minimum absolute atomic E-state index is 0.00789. The molecule has 2 aromatic rings. The molecule has 2 amide bonds. The normalized spacial score (nSPS) is 10.7. The van der Waals surface area contributed by atoms with Crippen LogP contribution in [0.3, 0.4) is 0 Å². The van der Waals surface area contributed by atoms with E-state index in [1.165, 1.54) is 6.07 Å². The number of halogens is 2. The highest BCUT2D eigenvalue weighted by atomic mass is 35.5. The first kappa shape index (κ1) is 20.7. The molecular formula is C19H20Cl2N4O2. The summed E-state index contributed by atoms with van der Waals surface area (Å²) < 4.78 is 0. The fourth-order valence-electron chi connectivity index (χ4n) is 2.12. The number of hydrazone groups is 1. The zero-order chi connectivity index (χ0) is 19.8. The summed E-state index contributed by atoms with van der Waals surface area (Å²) in [4.78, 5) is 25.7. The van der Waals surface area contributed by atoms with Crippen molar-refractivity contribution < 1.29 is 9.59 Å². The van der Waals surface area contributed by atoms with Crippen molar-refractivity contribution in [3.63, 3.8) is 0 Å². The van der Waals surface area contributed by atoms with Crippen molar-refractivity contribution in [3.8, 4) is 0 Å². The number of nitrogens with one attached hydrogen (secondary N) is 2. The lowest BCUT2D eigenvalue weighted by Gasteiger charge is -2.11. The van der Waals surface area contributed by atoms with Crippen LogP contribution in [0.4, 0.5) is 11.4 Å². The van der Waals surface area contributed by atoms with E-state index in [0.717, 1.165) is 11.3 Å². The molecule has 2 aromatic carbocycles. The van der Waals surface area contributed by atoms with Crippen molar-refractivity contribution in [2.24, 2.45) is 5.10 Å². The van der Waals surface area contributed by atoms with Crippen LogP contribution in [0, 0.1) is 0 Å². The summed E-state index contributed by atoms with van der Waals surface area (Å²) in [5, 5.41) is 7.35. The van der Waals surface area contributed by atoms with E-state index in [-0.39, 0.29) is 24.7 Å². The van der Waals surface area contributed by atoms with Crippen LogP contribution in [-0.4, -0.2) is 32.1 Å². The third kappa shape index (κ3) is 6.92. The molecule has 0 unspecified atom stereocenters. The van der Waals surface area contributed by atoms with Gasteiger partial charge in [0.15, 0.2) is 0 Å². The first-order valence-corrected chi connectivity index (χ1v) is 8.95. The third-order valence-electron chi connectivity index (χ3n) is 3.60. The Hall–Kier alpha value is -2.57. The smallest absolute Gasteiger partial charge is 0.240 e. The summed E-state index contributed by atoms with van der Waals surface area (Å²) in [7, 11) is 3.92. The number of carbonyl (C=O) groups is 2. The summed E-state index contributed by atoms with van der Waals surface area (Å²) in [6.07, 6.45) is 1.57. The maximum absolute atomic E-state index is 11.9. The highest BCUT2D eigenvalue weighted by Gasteiger charge is 2.09. The Morgan fingerprint density at radius 2 is 1.70 bits per heavy atom. The zero-order valence-electron chi connectivity index (χ0n) is 15.0. The molecule has 0 fully saturated rings. The quantitative estimate of drug-likeness (QED) is 0.540. The maximum atomic E-state index is 11.9. The zero-order valence-corrected chi connectivity index (χ0v) is 16.5. The molecule has 0 saturated heterocycles. The summed E-state index contributed by atoms with van der Waals surface area (Å²) in [5.74, 6) is -0.675. The molecule has 0 aliphatic carbocycles. The van der Waals surface area contributed by atoms with Gasteiger partial charge < -0.3 is 10.2 Å². The SMILES string of the molecule is CN(C)c1ccc(/C=N/NC(=O)CCC(=O)Nc2ccc(Cl)cc2Cl)cc1. The van der Waals surface area contributed by atoms with Crippen molar-refractivity contribution in [3.05, 3.63) is 58.1 Å². The number of hydrogen-bond donors (Lipinski definition) is 2. The van der Waals surface area contributed by atoms with Gasteiger partial charge in [0.1, 0.15) is 0 Å². The molecule has 2 N–H and O–H groups in total. The Kier molecular flexibility index (Phi) is 7.64. The lowest BCUT2D eigenvalue weighted by molar-refractivity contribution is -0.124. The first-order chi connectivity index (χ1) is 12.8. The van der Waals surface area contributed by atoms with E-state index in [0.29, 0.717) is 15.7 Å². The molecule has 0 atom stereocenters. The van der Waals surface area contributed by atoms with Gasteiger partial charge in [0.2, 0.25) is 11.8 Å². The minimum Gasteiger partial charge on any atom is -0.378 e. The van der Waals surface area contributed by atoms with Gasteiger partial charge in [-0.05, 0) is 35.9 Å². The van der Waals surface area contributed by atoms with Gasteiger partial charge in [-0.25, -0.2) is 5.43 Å². The van der Waals surface area contributed by atoms with Crippen LogP contribution in [0.1, 0.15) is 18.4 Å². The second kappa shape index (κ2) is 9.94. The average molecular weight is 407 g/mol. The summed E-state index contributed by atoms with van der Waals surface area (Å²) in [6, 6.07) is 12.5. The number of nitrogens with zero attached hydrogens (tertiary/aromatic N) is 2. The second-order valence-electron chi connectivity index (χ2n) is 5.95. The van der Waals surface area contributed by atoms with Gasteiger partial charge >= 0.3 is 0 Å². The molecule has 0 saturated carbocycles. The Labute approximate surface area is 168 Å². The Morgan fingerprint density at radius 3 is 2.33 bits per heavy atom. The molecule has 0 aliphatic rings. The molecule has 8 heteroatoms. The highest BCUT2D eigenvalue weighted by Crippen LogP contribution is 2.25. The standard InChI is InChI=1S/C19H20Cl2N4O2/c1-25(2)15-6-3-13(4-7-15)12-22-24-19(27)10-9-18(26)23-17-8-5-14(20)11-16(17)21/h3-8,11-12H,9-10H2,1-2H3,(H,23,26)(H,24,27)/b22-12+. The predicted octanol–water partition coefficient (Wildman–Crippen LogP) is 3.93. The van der Waals surface area contributed by atoms with Gasteiger partial charge in [0.25, 0.3) is 0 Å². The summed E-state index contributed by atoms with van der Waals surface area (Å²) in [5.41, 5.74) is 4.78. The number of carbonyl (C=O) groups excluding carboxylic acids is 2. The largest absolute Gasteiger partial charge is 0.378 e.